The van der Waals surface area contributed by atoms with Crippen LogP contribution in [0.5, 0.6) is 0 Å². The van der Waals surface area contributed by atoms with Gasteiger partial charge in [-0.3, -0.25) is 4.79 Å². The maximum Gasteiger partial charge on any atom is 0.250 e. The third-order valence-corrected chi connectivity index (χ3v) is 2.83. The number of nitrogens with zero attached hydrogens (tertiary/aromatic N) is 1. The number of pyridine rings is 1. The van der Waals surface area contributed by atoms with Crippen LogP contribution in [0.25, 0.3) is 0 Å². The lowest BCUT2D eigenvalue weighted by Crippen LogP contribution is -2.30. The summed E-state index contributed by atoms with van der Waals surface area (Å²) in [4.78, 5) is 11.3. The van der Waals surface area contributed by atoms with Gasteiger partial charge in [-0.25, -0.2) is 0 Å². The fourth-order valence-corrected chi connectivity index (χ4v) is 1.93. The topological polar surface area (TPSA) is 48.0 Å². The minimum atomic E-state index is -0.355. The molecule has 0 radical (unpaired) electrons. The molecule has 2 N–H and O–H groups in total. The number of aromatic nitrogens is 1. The number of halogens is 1. The van der Waals surface area contributed by atoms with E-state index in [1.165, 1.54) is 10.6 Å². The van der Waals surface area contributed by atoms with E-state index in [2.05, 4.69) is 0 Å². The predicted molar refractivity (Wildman–Crippen MR) is 51.8 cm³/mol. The Morgan fingerprint density at radius 3 is 2.69 bits per heavy atom. The highest BCUT2D eigenvalue weighted by atomic mass is 35.5. The highest BCUT2D eigenvalue weighted by Crippen LogP contribution is 2.44. The van der Waals surface area contributed by atoms with Gasteiger partial charge in [0.25, 0.3) is 5.56 Å². The van der Waals surface area contributed by atoms with Gasteiger partial charge < -0.3 is 10.3 Å². The SMILES string of the molecule is Cn1c(C2(N)CC2)c(Cl)ccc1=O. The van der Waals surface area contributed by atoms with Crippen molar-refractivity contribution in [2.24, 2.45) is 12.8 Å². The van der Waals surface area contributed by atoms with Gasteiger partial charge in [-0.15, -0.1) is 0 Å². The molecule has 3 nitrogen and oxygen atoms in total. The summed E-state index contributed by atoms with van der Waals surface area (Å²) in [6, 6.07) is 3.07. The summed E-state index contributed by atoms with van der Waals surface area (Å²) in [5.74, 6) is 0. The summed E-state index contributed by atoms with van der Waals surface area (Å²) >= 11 is 5.99. The third-order valence-electron chi connectivity index (χ3n) is 2.52. The Bertz CT molecular complexity index is 407. The Hall–Kier alpha value is -0.800. The molecule has 1 fully saturated rings. The highest BCUT2D eigenvalue weighted by Gasteiger charge is 2.43. The largest absolute Gasteiger partial charge is 0.320 e. The van der Waals surface area contributed by atoms with Crippen LogP contribution in [-0.4, -0.2) is 4.57 Å². The molecule has 1 aromatic heterocycles. The van der Waals surface area contributed by atoms with Gasteiger partial charge in [0.15, 0.2) is 0 Å². The van der Waals surface area contributed by atoms with Crippen molar-refractivity contribution in [3.8, 4) is 0 Å². The minimum Gasteiger partial charge on any atom is -0.320 e. The van der Waals surface area contributed by atoms with Crippen molar-refractivity contribution in [2.75, 3.05) is 0 Å². The summed E-state index contributed by atoms with van der Waals surface area (Å²) in [6.45, 7) is 0. The van der Waals surface area contributed by atoms with E-state index in [0.29, 0.717) is 5.02 Å². The van der Waals surface area contributed by atoms with E-state index in [-0.39, 0.29) is 11.1 Å². The zero-order chi connectivity index (χ0) is 9.64. The van der Waals surface area contributed by atoms with Crippen molar-refractivity contribution in [2.45, 2.75) is 18.4 Å². The molecule has 0 amide bonds. The first kappa shape index (κ1) is 8.78. The van der Waals surface area contributed by atoms with Gasteiger partial charge in [-0.1, -0.05) is 11.6 Å². The Balaban J connectivity index is 2.68. The molecule has 0 spiro atoms. The van der Waals surface area contributed by atoms with Crippen LogP contribution in [0.1, 0.15) is 18.5 Å². The first-order valence-corrected chi connectivity index (χ1v) is 4.57. The monoisotopic (exact) mass is 198 g/mol. The van der Waals surface area contributed by atoms with Crippen LogP contribution in [0.4, 0.5) is 0 Å². The highest BCUT2D eigenvalue weighted by molar-refractivity contribution is 6.31. The van der Waals surface area contributed by atoms with Crippen molar-refractivity contribution in [1.82, 2.24) is 4.57 Å². The van der Waals surface area contributed by atoms with Crippen LogP contribution in [0.3, 0.4) is 0 Å². The Kier molecular flexibility index (Phi) is 1.75. The van der Waals surface area contributed by atoms with Crippen molar-refractivity contribution in [3.05, 3.63) is 33.2 Å². The fraction of sp³-hybridized carbons (Fsp3) is 0.444. The van der Waals surface area contributed by atoms with Gasteiger partial charge >= 0.3 is 0 Å². The van der Waals surface area contributed by atoms with Gasteiger partial charge in [0.05, 0.1) is 16.3 Å². The molecule has 0 aliphatic heterocycles. The van der Waals surface area contributed by atoms with E-state index >= 15 is 0 Å². The summed E-state index contributed by atoms with van der Waals surface area (Å²) < 4.78 is 1.54. The van der Waals surface area contributed by atoms with E-state index in [1.54, 1.807) is 13.1 Å². The van der Waals surface area contributed by atoms with Crippen molar-refractivity contribution < 1.29 is 0 Å². The normalized spacial score (nSPS) is 18.7. The molecule has 2 rings (SSSR count). The smallest absolute Gasteiger partial charge is 0.250 e. The maximum absolute atomic E-state index is 11.3. The molecule has 0 aromatic carbocycles. The van der Waals surface area contributed by atoms with Crippen molar-refractivity contribution in [3.63, 3.8) is 0 Å². The van der Waals surface area contributed by atoms with Gasteiger partial charge in [0, 0.05) is 13.1 Å². The van der Waals surface area contributed by atoms with Gasteiger partial charge in [0.1, 0.15) is 0 Å². The molecular formula is C9H11ClN2O. The lowest BCUT2D eigenvalue weighted by atomic mass is 10.1. The third kappa shape index (κ3) is 1.28. The van der Waals surface area contributed by atoms with Crippen LogP contribution in [0.15, 0.2) is 16.9 Å². The molecule has 1 aliphatic carbocycles. The van der Waals surface area contributed by atoms with Gasteiger partial charge in [-0.05, 0) is 18.9 Å². The lowest BCUT2D eigenvalue weighted by Gasteiger charge is -2.15. The average Bonchev–Trinajstić information content (AvgIpc) is 2.78. The van der Waals surface area contributed by atoms with E-state index in [4.69, 9.17) is 17.3 Å². The zero-order valence-electron chi connectivity index (χ0n) is 7.38. The molecule has 0 atom stereocenters. The molecule has 1 aromatic rings. The number of rotatable bonds is 1. The standard InChI is InChI=1S/C9H11ClN2O/c1-12-7(13)3-2-6(10)8(12)9(11)4-5-9/h2-3H,4-5,11H2,1H3. The molecule has 70 valence electrons. The van der Waals surface area contributed by atoms with Crippen LogP contribution >= 0.6 is 11.6 Å². The maximum atomic E-state index is 11.3. The molecule has 4 heteroatoms. The van der Waals surface area contributed by atoms with E-state index in [0.717, 1.165) is 18.5 Å². The molecule has 0 bridgehead atoms. The van der Waals surface area contributed by atoms with E-state index in [9.17, 15) is 4.79 Å². The number of hydrogen-bond donors (Lipinski definition) is 1. The lowest BCUT2D eigenvalue weighted by molar-refractivity contribution is 0.636. The number of hydrogen-bond acceptors (Lipinski definition) is 2. The molecular weight excluding hydrogens is 188 g/mol. The Labute approximate surface area is 81.1 Å². The molecule has 1 saturated carbocycles. The summed E-state index contributed by atoms with van der Waals surface area (Å²) in [5.41, 5.74) is 6.35. The van der Waals surface area contributed by atoms with Crippen molar-refractivity contribution >= 4 is 11.6 Å². The second-order valence-electron chi connectivity index (χ2n) is 3.58. The number of nitrogens with two attached hydrogens (primary N) is 1. The van der Waals surface area contributed by atoms with Crippen LogP contribution in [0, 0.1) is 0 Å². The summed E-state index contributed by atoms with van der Waals surface area (Å²) in [7, 11) is 1.70. The molecule has 13 heavy (non-hydrogen) atoms. The summed E-state index contributed by atoms with van der Waals surface area (Å²) in [6.07, 6.45) is 1.81. The zero-order valence-corrected chi connectivity index (χ0v) is 8.14. The van der Waals surface area contributed by atoms with Crippen LogP contribution in [-0.2, 0) is 12.6 Å². The van der Waals surface area contributed by atoms with Gasteiger partial charge in [0.2, 0.25) is 0 Å². The van der Waals surface area contributed by atoms with Crippen LogP contribution in [0.2, 0.25) is 5.02 Å². The average molecular weight is 199 g/mol. The Morgan fingerprint density at radius 2 is 2.15 bits per heavy atom. The quantitative estimate of drug-likeness (QED) is 0.732. The first-order valence-electron chi connectivity index (χ1n) is 4.19. The Morgan fingerprint density at radius 1 is 1.54 bits per heavy atom. The van der Waals surface area contributed by atoms with E-state index < -0.39 is 0 Å². The van der Waals surface area contributed by atoms with Crippen molar-refractivity contribution in [1.29, 1.82) is 0 Å². The molecule has 1 aliphatic rings. The predicted octanol–water partition coefficient (Wildman–Crippen LogP) is 0.986. The first-order chi connectivity index (χ1) is 6.04. The molecule has 1 heterocycles. The second-order valence-corrected chi connectivity index (χ2v) is 3.99. The molecule has 0 saturated heterocycles. The minimum absolute atomic E-state index is 0.0591. The molecule has 0 unspecified atom stereocenters. The fourth-order valence-electron chi connectivity index (χ4n) is 1.55. The van der Waals surface area contributed by atoms with Gasteiger partial charge in [-0.2, -0.15) is 0 Å². The second kappa shape index (κ2) is 2.59. The summed E-state index contributed by atoms with van der Waals surface area (Å²) in [5, 5.41) is 0.585. The van der Waals surface area contributed by atoms with E-state index in [1.807, 2.05) is 0 Å². The van der Waals surface area contributed by atoms with Crippen LogP contribution < -0.4 is 11.3 Å².